The van der Waals surface area contributed by atoms with Gasteiger partial charge >= 0.3 is 5.97 Å². The molecule has 0 radical (unpaired) electrons. The van der Waals surface area contributed by atoms with E-state index >= 15 is 0 Å². The lowest BCUT2D eigenvalue weighted by atomic mass is 10.3. The van der Waals surface area contributed by atoms with Gasteiger partial charge in [0.15, 0.2) is 11.0 Å². The number of nitrogens with one attached hydrogen (secondary N) is 1. The molecule has 112 valence electrons. The number of hydrogen-bond acceptors (Lipinski definition) is 6. The van der Waals surface area contributed by atoms with Crippen molar-refractivity contribution in [1.82, 2.24) is 20.1 Å². The van der Waals surface area contributed by atoms with Crippen LogP contribution in [0.2, 0.25) is 0 Å². The predicted molar refractivity (Wildman–Crippen MR) is 72.2 cm³/mol. The number of carboxylic acids is 1. The Labute approximate surface area is 120 Å². The molecule has 0 saturated carbocycles. The lowest BCUT2D eigenvalue weighted by molar-refractivity contribution is -0.134. The Balaban J connectivity index is 2.63. The number of carbonyl (C=O) groups is 2. The van der Waals surface area contributed by atoms with Gasteiger partial charge in [-0.15, -0.1) is 10.2 Å². The average molecular weight is 302 g/mol. The van der Waals surface area contributed by atoms with Gasteiger partial charge in [-0.2, -0.15) is 0 Å². The van der Waals surface area contributed by atoms with Crippen molar-refractivity contribution in [1.29, 1.82) is 0 Å². The van der Waals surface area contributed by atoms with Crippen LogP contribution in [0, 0.1) is 0 Å². The van der Waals surface area contributed by atoms with Crippen molar-refractivity contribution in [3.63, 3.8) is 0 Å². The lowest BCUT2D eigenvalue weighted by Crippen LogP contribution is -2.25. The normalized spacial score (nSPS) is 10.5. The summed E-state index contributed by atoms with van der Waals surface area (Å²) in [6.45, 7) is 2.58. The molecule has 8 nitrogen and oxygen atoms in total. The van der Waals surface area contributed by atoms with Crippen molar-refractivity contribution in [2.45, 2.75) is 38.1 Å². The third-order valence-electron chi connectivity index (χ3n) is 2.39. The monoisotopic (exact) mass is 302 g/mol. The van der Waals surface area contributed by atoms with E-state index in [2.05, 4.69) is 15.5 Å². The predicted octanol–water partition coefficient (Wildman–Crippen LogP) is -0.137. The molecule has 0 saturated heterocycles. The molecule has 0 aliphatic rings. The second kappa shape index (κ2) is 8.54. The van der Waals surface area contributed by atoms with Crippen LogP contribution in [0.25, 0.3) is 0 Å². The van der Waals surface area contributed by atoms with Gasteiger partial charge in [-0.3, -0.25) is 9.59 Å². The molecule has 0 aromatic carbocycles. The Morgan fingerprint density at radius 2 is 2.15 bits per heavy atom. The first kappa shape index (κ1) is 16.4. The summed E-state index contributed by atoms with van der Waals surface area (Å²) in [5, 5.41) is 28.5. The zero-order valence-corrected chi connectivity index (χ0v) is 12.0. The summed E-state index contributed by atoms with van der Waals surface area (Å²) >= 11 is 1.01. The molecule has 0 aliphatic heterocycles. The minimum atomic E-state index is -0.962. The third kappa shape index (κ3) is 5.17. The highest BCUT2D eigenvalue weighted by Gasteiger charge is 2.14. The van der Waals surface area contributed by atoms with Gasteiger partial charge in [0.2, 0.25) is 5.91 Å². The Hall–Kier alpha value is -1.61. The summed E-state index contributed by atoms with van der Waals surface area (Å²) in [5.74, 6) is -0.887. The van der Waals surface area contributed by atoms with E-state index in [1.54, 1.807) is 4.57 Å². The maximum Gasteiger partial charge on any atom is 0.313 e. The lowest BCUT2D eigenvalue weighted by Gasteiger charge is -2.08. The number of aliphatic hydroxyl groups excluding tert-OH is 1. The Morgan fingerprint density at radius 1 is 1.40 bits per heavy atom. The van der Waals surface area contributed by atoms with E-state index in [9.17, 15) is 9.59 Å². The SMILES string of the molecule is CCCNC(=O)CCn1c(CO)nnc1SCC(=O)O. The van der Waals surface area contributed by atoms with Gasteiger partial charge in [0.05, 0.1) is 5.75 Å². The molecular weight excluding hydrogens is 284 g/mol. The second-order valence-electron chi connectivity index (χ2n) is 3.99. The summed E-state index contributed by atoms with van der Waals surface area (Å²) in [5.41, 5.74) is 0. The maximum atomic E-state index is 11.5. The molecule has 3 N–H and O–H groups in total. The zero-order valence-electron chi connectivity index (χ0n) is 11.2. The number of amides is 1. The molecule has 0 atom stereocenters. The van der Waals surface area contributed by atoms with Crippen LogP contribution in [-0.4, -0.2) is 49.2 Å². The fourth-order valence-corrected chi connectivity index (χ4v) is 2.16. The summed E-state index contributed by atoms with van der Waals surface area (Å²) < 4.78 is 1.57. The molecule has 1 aromatic heterocycles. The minimum Gasteiger partial charge on any atom is -0.481 e. The largest absolute Gasteiger partial charge is 0.481 e. The maximum absolute atomic E-state index is 11.5. The average Bonchev–Trinajstić information content (AvgIpc) is 2.82. The summed E-state index contributed by atoms with van der Waals surface area (Å²) in [6, 6.07) is 0. The fourth-order valence-electron chi connectivity index (χ4n) is 1.46. The van der Waals surface area contributed by atoms with Crippen molar-refractivity contribution in [2.75, 3.05) is 12.3 Å². The van der Waals surface area contributed by atoms with Crippen LogP contribution in [0.3, 0.4) is 0 Å². The molecule has 20 heavy (non-hydrogen) atoms. The summed E-state index contributed by atoms with van der Waals surface area (Å²) in [7, 11) is 0. The van der Waals surface area contributed by atoms with Gasteiger partial charge in [-0.05, 0) is 6.42 Å². The smallest absolute Gasteiger partial charge is 0.313 e. The van der Waals surface area contributed by atoms with E-state index < -0.39 is 5.97 Å². The Bertz CT molecular complexity index is 463. The highest BCUT2D eigenvalue weighted by Crippen LogP contribution is 2.17. The van der Waals surface area contributed by atoms with Gasteiger partial charge < -0.3 is 20.1 Å². The standard InChI is InChI=1S/C11H18N4O4S/c1-2-4-12-9(17)3-5-15-8(6-16)13-14-11(15)20-7-10(18)19/h16H,2-7H2,1H3,(H,12,17)(H,18,19). The molecule has 0 unspecified atom stereocenters. The van der Waals surface area contributed by atoms with Crippen LogP contribution in [0.4, 0.5) is 0 Å². The number of aromatic nitrogens is 3. The topological polar surface area (TPSA) is 117 Å². The van der Waals surface area contributed by atoms with Crippen LogP contribution in [0.15, 0.2) is 5.16 Å². The number of aliphatic carboxylic acids is 1. The molecule has 0 aliphatic carbocycles. The van der Waals surface area contributed by atoms with Crippen molar-refractivity contribution < 1.29 is 19.8 Å². The van der Waals surface area contributed by atoms with Crippen LogP contribution in [0.1, 0.15) is 25.6 Å². The first-order valence-corrected chi connectivity index (χ1v) is 7.21. The number of aliphatic hydroxyl groups is 1. The fraction of sp³-hybridized carbons (Fsp3) is 0.636. The first-order chi connectivity index (χ1) is 9.58. The zero-order chi connectivity index (χ0) is 15.0. The van der Waals surface area contributed by atoms with Crippen molar-refractivity contribution >= 4 is 23.6 Å². The molecule has 1 aromatic rings. The van der Waals surface area contributed by atoms with E-state index in [0.29, 0.717) is 24.1 Å². The van der Waals surface area contributed by atoms with E-state index in [0.717, 1.165) is 18.2 Å². The molecule has 1 rings (SSSR count). The van der Waals surface area contributed by atoms with Crippen molar-refractivity contribution in [3.05, 3.63) is 5.82 Å². The molecule has 0 spiro atoms. The van der Waals surface area contributed by atoms with Gasteiger partial charge in [0, 0.05) is 19.5 Å². The van der Waals surface area contributed by atoms with Gasteiger partial charge in [0.1, 0.15) is 6.61 Å². The van der Waals surface area contributed by atoms with Crippen LogP contribution in [-0.2, 0) is 22.7 Å². The Morgan fingerprint density at radius 3 is 2.75 bits per heavy atom. The Kier molecular flexibility index (Phi) is 7.02. The molecule has 0 bridgehead atoms. The van der Waals surface area contributed by atoms with Crippen LogP contribution >= 0.6 is 11.8 Å². The van der Waals surface area contributed by atoms with Crippen LogP contribution < -0.4 is 5.32 Å². The quantitative estimate of drug-likeness (QED) is 0.544. The van der Waals surface area contributed by atoms with E-state index in [1.165, 1.54) is 0 Å². The number of carboxylic acid groups (broad SMARTS) is 1. The highest BCUT2D eigenvalue weighted by atomic mass is 32.2. The van der Waals surface area contributed by atoms with E-state index in [1.807, 2.05) is 6.92 Å². The van der Waals surface area contributed by atoms with Crippen molar-refractivity contribution in [3.8, 4) is 0 Å². The van der Waals surface area contributed by atoms with Crippen molar-refractivity contribution in [2.24, 2.45) is 0 Å². The van der Waals surface area contributed by atoms with Gasteiger partial charge in [0.25, 0.3) is 0 Å². The molecule has 1 heterocycles. The van der Waals surface area contributed by atoms with Gasteiger partial charge in [-0.25, -0.2) is 0 Å². The molecule has 0 fully saturated rings. The minimum absolute atomic E-state index is 0.0985. The first-order valence-electron chi connectivity index (χ1n) is 6.22. The number of hydrogen-bond donors (Lipinski definition) is 3. The summed E-state index contributed by atoms with van der Waals surface area (Å²) in [4.78, 5) is 22.1. The summed E-state index contributed by atoms with van der Waals surface area (Å²) in [6.07, 6.45) is 1.09. The number of nitrogens with zero attached hydrogens (tertiary/aromatic N) is 3. The molecule has 1 amide bonds. The molecule has 9 heteroatoms. The van der Waals surface area contributed by atoms with Gasteiger partial charge in [-0.1, -0.05) is 18.7 Å². The number of carbonyl (C=O) groups excluding carboxylic acids is 1. The van der Waals surface area contributed by atoms with Crippen LogP contribution in [0.5, 0.6) is 0 Å². The number of thioether (sulfide) groups is 1. The third-order valence-corrected chi connectivity index (χ3v) is 3.35. The van der Waals surface area contributed by atoms with E-state index in [4.69, 9.17) is 10.2 Å². The highest BCUT2D eigenvalue weighted by molar-refractivity contribution is 7.99. The molecular formula is C11H18N4O4S. The van der Waals surface area contributed by atoms with E-state index in [-0.39, 0.29) is 24.7 Å². The second-order valence-corrected chi connectivity index (χ2v) is 4.93. The number of rotatable bonds is 9.